The van der Waals surface area contributed by atoms with Gasteiger partial charge < -0.3 is 39.4 Å². The van der Waals surface area contributed by atoms with Gasteiger partial charge in [-0.2, -0.15) is 0 Å². The van der Waals surface area contributed by atoms with Crippen molar-refractivity contribution in [2.45, 2.75) is 94.3 Å². The lowest BCUT2D eigenvalue weighted by Crippen LogP contribution is -2.61. The molecule has 3 saturated heterocycles. The summed E-state index contributed by atoms with van der Waals surface area (Å²) in [6.07, 6.45) is 0.118. The number of fused-ring (bicyclic) bond motifs is 2. The fraction of sp³-hybridized carbons (Fsp3) is 0.885. The predicted molar refractivity (Wildman–Crippen MR) is 119 cm³/mol. The highest BCUT2D eigenvalue weighted by Crippen LogP contribution is 2.76. The summed E-state index contributed by atoms with van der Waals surface area (Å²) in [6, 6.07) is 0. The maximum absolute atomic E-state index is 13.1. The van der Waals surface area contributed by atoms with Gasteiger partial charge in [0.2, 0.25) is 0 Å². The van der Waals surface area contributed by atoms with Gasteiger partial charge >= 0.3 is 0 Å². The molecule has 9 nitrogen and oxygen atoms in total. The van der Waals surface area contributed by atoms with Gasteiger partial charge in [-0.1, -0.05) is 6.92 Å². The first-order chi connectivity index (χ1) is 16.7. The van der Waals surface area contributed by atoms with E-state index in [0.29, 0.717) is 36.5 Å². The van der Waals surface area contributed by atoms with Crippen molar-refractivity contribution in [1.29, 1.82) is 0 Å². The van der Waals surface area contributed by atoms with E-state index in [-0.39, 0.29) is 29.3 Å². The fourth-order valence-electron chi connectivity index (χ4n) is 9.76. The molecule has 0 amide bonds. The monoisotopic (exact) mass is 492 g/mol. The van der Waals surface area contributed by atoms with Crippen molar-refractivity contribution in [3.8, 4) is 0 Å². The van der Waals surface area contributed by atoms with E-state index >= 15 is 0 Å². The van der Waals surface area contributed by atoms with Crippen LogP contribution in [0.3, 0.4) is 0 Å². The first-order valence-electron chi connectivity index (χ1n) is 13.2. The van der Waals surface area contributed by atoms with Crippen LogP contribution in [-0.4, -0.2) is 88.4 Å². The van der Waals surface area contributed by atoms with Gasteiger partial charge in [-0.15, -0.1) is 0 Å². The van der Waals surface area contributed by atoms with E-state index in [4.69, 9.17) is 18.9 Å². The van der Waals surface area contributed by atoms with Crippen LogP contribution in [0.1, 0.15) is 51.9 Å². The van der Waals surface area contributed by atoms with E-state index in [0.717, 1.165) is 38.5 Å². The third kappa shape index (κ3) is 2.92. The third-order valence-corrected chi connectivity index (χ3v) is 10.9. The minimum absolute atomic E-state index is 0.0750. The molecule has 9 heteroatoms. The number of ether oxygens (including phenoxy) is 4. The Morgan fingerprint density at radius 3 is 2.80 bits per heavy atom. The molecule has 4 heterocycles. The Morgan fingerprint density at radius 2 is 2.00 bits per heavy atom. The Bertz CT molecular complexity index is 964. The second kappa shape index (κ2) is 7.49. The number of aliphatic hydroxyl groups excluding tert-OH is 4. The Kier molecular flexibility index (Phi) is 4.94. The summed E-state index contributed by atoms with van der Waals surface area (Å²) >= 11 is 0. The van der Waals surface area contributed by atoms with E-state index in [2.05, 4.69) is 6.92 Å². The van der Waals surface area contributed by atoms with Crippen LogP contribution < -0.4 is 0 Å². The van der Waals surface area contributed by atoms with Crippen LogP contribution >= 0.6 is 0 Å². The number of allylic oxidation sites excluding steroid dienone is 1. The Balaban J connectivity index is 1.13. The summed E-state index contributed by atoms with van der Waals surface area (Å²) in [5.74, 6) is 1.86. The van der Waals surface area contributed by atoms with Gasteiger partial charge in [0.15, 0.2) is 17.8 Å². The van der Waals surface area contributed by atoms with E-state index in [1.807, 2.05) is 0 Å². The molecular formula is C26H36O9. The highest BCUT2D eigenvalue weighted by atomic mass is 16.7. The topological polar surface area (TPSA) is 135 Å². The summed E-state index contributed by atoms with van der Waals surface area (Å²) in [5, 5.41) is 40.1. The molecule has 6 fully saturated rings. The molecular weight excluding hydrogens is 456 g/mol. The smallest absolute Gasteiger partial charge is 0.197 e. The molecule has 194 valence electrons. The number of aliphatic hydroxyl groups is 4. The lowest BCUT2D eigenvalue weighted by atomic mass is 9.44. The van der Waals surface area contributed by atoms with Gasteiger partial charge in [0.1, 0.15) is 24.4 Å². The zero-order valence-corrected chi connectivity index (χ0v) is 20.1. The molecule has 3 saturated carbocycles. The predicted octanol–water partition coefficient (Wildman–Crippen LogP) is 0.420. The van der Waals surface area contributed by atoms with Crippen molar-refractivity contribution in [2.24, 2.45) is 28.6 Å². The summed E-state index contributed by atoms with van der Waals surface area (Å²) in [4.78, 5) is 13.1. The molecule has 8 aliphatic rings. The molecule has 8 rings (SSSR count). The number of hydrogen-bond acceptors (Lipinski definition) is 9. The standard InChI is InChI=1S/C26H36O9/c1-24-8-15(28)21-13(3-5-32-21)14(24)2-4-25-7-12-6-16(22(24)25)35-26(12,10-25)11-33-23-20(31)19(30)18(29)17(9-27)34-23/h12,14,16-20,22-23,27,29-31H,2-11H2,1H3/t12-,14-,16+,17-,18-,19+,20-,22+,23-,24-,25+,26+/m1/s1. The molecule has 35 heavy (non-hydrogen) atoms. The van der Waals surface area contributed by atoms with Gasteiger partial charge in [-0.25, -0.2) is 0 Å². The molecule has 12 atom stereocenters. The van der Waals surface area contributed by atoms with Gasteiger partial charge in [0.05, 0.1) is 31.5 Å². The molecule has 0 unspecified atom stereocenters. The summed E-state index contributed by atoms with van der Waals surface area (Å²) in [5.41, 5.74) is 0.776. The van der Waals surface area contributed by atoms with Crippen molar-refractivity contribution in [3.63, 3.8) is 0 Å². The number of carbonyl (C=O) groups excluding carboxylic acids is 1. The molecule has 1 spiro atoms. The highest BCUT2D eigenvalue weighted by Gasteiger charge is 2.75. The Hall–Kier alpha value is -1.07. The quantitative estimate of drug-likeness (QED) is 0.440. The van der Waals surface area contributed by atoms with Crippen molar-refractivity contribution in [3.05, 3.63) is 11.3 Å². The van der Waals surface area contributed by atoms with Crippen molar-refractivity contribution >= 4 is 5.78 Å². The number of ketones is 1. The summed E-state index contributed by atoms with van der Waals surface area (Å²) < 4.78 is 24.2. The van der Waals surface area contributed by atoms with Crippen LogP contribution in [0.2, 0.25) is 0 Å². The van der Waals surface area contributed by atoms with Crippen LogP contribution in [-0.2, 0) is 23.7 Å². The number of hydrogen-bond donors (Lipinski definition) is 4. The fourth-order valence-corrected chi connectivity index (χ4v) is 9.76. The second-order valence-corrected chi connectivity index (χ2v) is 12.5. The molecule has 0 aromatic rings. The van der Waals surface area contributed by atoms with E-state index in [1.165, 1.54) is 5.57 Å². The van der Waals surface area contributed by atoms with Crippen molar-refractivity contribution < 1.29 is 44.2 Å². The van der Waals surface area contributed by atoms with Gasteiger partial charge in [0.25, 0.3) is 0 Å². The van der Waals surface area contributed by atoms with Crippen LogP contribution in [0.5, 0.6) is 0 Å². The average Bonchev–Trinajstić information content (AvgIpc) is 3.46. The maximum Gasteiger partial charge on any atom is 0.197 e. The Morgan fingerprint density at radius 1 is 1.17 bits per heavy atom. The van der Waals surface area contributed by atoms with Crippen LogP contribution in [0.25, 0.3) is 0 Å². The van der Waals surface area contributed by atoms with Crippen molar-refractivity contribution in [2.75, 3.05) is 19.8 Å². The van der Waals surface area contributed by atoms with Gasteiger partial charge in [-0.05, 0) is 66.3 Å². The third-order valence-electron chi connectivity index (χ3n) is 10.9. The zero-order chi connectivity index (χ0) is 24.3. The number of carbonyl (C=O) groups is 1. The largest absolute Gasteiger partial charge is 0.490 e. The lowest BCUT2D eigenvalue weighted by molar-refractivity contribution is -0.314. The first kappa shape index (κ1) is 23.1. The molecule has 4 bridgehead atoms. The molecule has 4 aliphatic heterocycles. The van der Waals surface area contributed by atoms with Crippen molar-refractivity contribution in [1.82, 2.24) is 0 Å². The van der Waals surface area contributed by atoms with Crippen LogP contribution in [0.4, 0.5) is 0 Å². The van der Waals surface area contributed by atoms with Crippen LogP contribution in [0, 0.1) is 28.6 Å². The maximum atomic E-state index is 13.1. The summed E-state index contributed by atoms with van der Waals surface area (Å²) in [6.45, 7) is 2.69. The molecule has 0 radical (unpaired) electrons. The minimum Gasteiger partial charge on any atom is -0.490 e. The minimum atomic E-state index is -1.46. The van der Waals surface area contributed by atoms with Crippen LogP contribution in [0.15, 0.2) is 11.3 Å². The summed E-state index contributed by atoms with van der Waals surface area (Å²) in [7, 11) is 0. The number of rotatable bonds is 4. The Labute approximate surface area is 204 Å². The number of Topliss-reactive ketones (excluding diaryl/α,β-unsaturated/α-hetero) is 1. The van der Waals surface area contributed by atoms with E-state index < -0.39 is 42.9 Å². The van der Waals surface area contributed by atoms with E-state index in [1.54, 1.807) is 0 Å². The molecule has 4 N–H and O–H groups in total. The average molecular weight is 493 g/mol. The zero-order valence-electron chi connectivity index (χ0n) is 20.1. The van der Waals surface area contributed by atoms with E-state index in [9.17, 15) is 25.2 Å². The molecule has 0 aromatic heterocycles. The molecule has 0 aromatic carbocycles. The second-order valence-electron chi connectivity index (χ2n) is 12.5. The van der Waals surface area contributed by atoms with Gasteiger partial charge in [0, 0.05) is 12.8 Å². The van der Waals surface area contributed by atoms with Gasteiger partial charge in [-0.3, -0.25) is 4.79 Å². The normalized spacial score (nSPS) is 56.1. The SMILES string of the molecule is C[C@@]12CC(=O)C3=C(CCO3)[C@H]1CC[C@]13C[C@H]4C[C@H](O[C@]4(CO[C@@H]4O[C@H](CO)[C@@H](O)[C@H](O)[C@H]4O)C1)[C@H]32. The highest BCUT2D eigenvalue weighted by molar-refractivity contribution is 5.96. The molecule has 4 aliphatic carbocycles. The first-order valence-corrected chi connectivity index (χ1v) is 13.2. The lowest BCUT2D eigenvalue weighted by Gasteiger charge is -2.62.